The number of halogens is 3. The van der Waals surface area contributed by atoms with Crippen molar-refractivity contribution in [3.8, 4) is 0 Å². The molecule has 144 valence electrons. The molecule has 0 aromatic heterocycles. The number of carboxylic acid groups (broad SMARTS) is 1. The van der Waals surface area contributed by atoms with Crippen molar-refractivity contribution in [2.75, 3.05) is 19.6 Å². The van der Waals surface area contributed by atoms with E-state index in [2.05, 4.69) is 5.32 Å². The molecule has 0 aliphatic carbocycles. The predicted octanol–water partition coefficient (Wildman–Crippen LogP) is 3.49. The fourth-order valence-corrected chi connectivity index (χ4v) is 2.99. The van der Waals surface area contributed by atoms with E-state index in [1.54, 1.807) is 19.9 Å². The minimum Gasteiger partial charge on any atom is -0.481 e. The Kier molecular flexibility index (Phi) is 5.83. The van der Waals surface area contributed by atoms with Crippen LogP contribution in [0.4, 0.5) is 18.0 Å². The van der Waals surface area contributed by atoms with Gasteiger partial charge in [0.15, 0.2) is 0 Å². The molecule has 26 heavy (non-hydrogen) atoms. The fraction of sp³-hybridized carbons (Fsp3) is 0.556. The van der Waals surface area contributed by atoms with E-state index in [1.165, 1.54) is 11.0 Å². The number of amides is 2. The quantitative estimate of drug-likeness (QED) is 0.850. The summed E-state index contributed by atoms with van der Waals surface area (Å²) in [6, 6.07) is 4.66. The number of carboxylic acids is 1. The van der Waals surface area contributed by atoms with Gasteiger partial charge < -0.3 is 15.3 Å². The second-order valence-electron chi connectivity index (χ2n) is 7.24. The third-order valence-corrected chi connectivity index (χ3v) is 4.71. The van der Waals surface area contributed by atoms with Gasteiger partial charge in [-0.05, 0) is 24.5 Å². The van der Waals surface area contributed by atoms with Gasteiger partial charge in [-0.3, -0.25) is 4.79 Å². The van der Waals surface area contributed by atoms with Crippen LogP contribution in [0.3, 0.4) is 0 Å². The second kappa shape index (κ2) is 7.55. The van der Waals surface area contributed by atoms with Crippen LogP contribution in [0.5, 0.6) is 0 Å². The van der Waals surface area contributed by atoms with Crippen molar-refractivity contribution in [3.05, 3.63) is 35.4 Å². The molecule has 5 nitrogen and oxygen atoms in total. The molecule has 1 aromatic rings. The summed E-state index contributed by atoms with van der Waals surface area (Å²) in [4.78, 5) is 24.8. The van der Waals surface area contributed by atoms with Gasteiger partial charge in [-0.2, -0.15) is 13.2 Å². The first kappa shape index (κ1) is 20.1. The van der Waals surface area contributed by atoms with E-state index in [4.69, 9.17) is 5.11 Å². The molecule has 2 amide bonds. The Hall–Kier alpha value is -2.25. The van der Waals surface area contributed by atoms with Crippen LogP contribution in [0, 0.1) is 5.92 Å². The minimum atomic E-state index is -4.42. The molecule has 1 aliphatic rings. The number of nitrogens with zero attached hydrogens (tertiary/aromatic N) is 1. The molecule has 1 saturated heterocycles. The molecular formula is C18H23F3N2O3. The van der Waals surface area contributed by atoms with Gasteiger partial charge >= 0.3 is 18.2 Å². The van der Waals surface area contributed by atoms with Gasteiger partial charge in [0.05, 0.1) is 11.5 Å². The zero-order valence-electron chi connectivity index (χ0n) is 14.8. The SMILES string of the molecule is CC(C)(CNC(=O)N1CCCC(C(=O)O)C1)c1cccc(C(F)(F)F)c1. The van der Waals surface area contributed by atoms with Crippen molar-refractivity contribution >= 4 is 12.0 Å². The highest BCUT2D eigenvalue weighted by atomic mass is 19.4. The highest BCUT2D eigenvalue weighted by Gasteiger charge is 2.33. The van der Waals surface area contributed by atoms with Crippen LogP contribution < -0.4 is 5.32 Å². The molecule has 1 heterocycles. The third kappa shape index (κ3) is 4.89. The maximum atomic E-state index is 12.9. The van der Waals surface area contributed by atoms with Gasteiger partial charge in [0.1, 0.15) is 0 Å². The van der Waals surface area contributed by atoms with Crippen molar-refractivity contribution < 1.29 is 27.9 Å². The van der Waals surface area contributed by atoms with Crippen molar-refractivity contribution in [2.45, 2.75) is 38.3 Å². The number of aliphatic carboxylic acids is 1. The van der Waals surface area contributed by atoms with E-state index in [0.29, 0.717) is 24.9 Å². The van der Waals surface area contributed by atoms with Crippen molar-refractivity contribution in [3.63, 3.8) is 0 Å². The second-order valence-corrected chi connectivity index (χ2v) is 7.24. The standard InChI is InChI=1S/C18H23F3N2O3/c1-17(2,13-6-3-7-14(9-13)18(19,20)21)11-22-16(26)23-8-4-5-12(10-23)15(24)25/h3,6-7,9,12H,4-5,8,10-11H2,1-2H3,(H,22,26)(H,24,25). The lowest BCUT2D eigenvalue weighted by molar-refractivity contribution is -0.143. The van der Waals surface area contributed by atoms with Crippen LogP contribution in [0.2, 0.25) is 0 Å². The highest BCUT2D eigenvalue weighted by Crippen LogP contribution is 2.32. The maximum Gasteiger partial charge on any atom is 0.416 e. The van der Waals surface area contributed by atoms with E-state index in [1.807, 2.05) is 0 Å². The molecule has 1 aromatic carbocycles. The first-order valence-corrected chi connectivity index (χ1v) is 8.44. The summed E-state index contributed by atoms with van der Waals surface area (Å²) in [5, 5.41) is 11.8. The first-order valence-electron chi connectivity index (χ1n) is 8.44. The topological polar surface area (TPSA) is 69.6 Å². The number of carbonyl (C=O) groups is 2. The van der Waals surface area contributed by atoms with E-state index >= 15 is 0 Å². The monoisotopic (exact) mass is 372 g/mol. The zero-order valence-corrected chi connectivity index (χ0v) is 14.8. The number of hydrogen-bond donors (Lipinski definition) is 2. The smallest absolute Gasteiger partial charge is 0.416 e. The summed E-state index contributed by atoms with van der Waals surface area (Å²) in [7, 11) is 0. The summed E-state index contributed by atoms with van der Waals surface area (Å²) >= 11 is 0. The lowest BCUT2D eigenvalue weighted by atomic mass is 9.84. The van der Waals surface area contributed by atoms with Crippen LogP contribution in [-0.2, 0) is 16.4 Å². The Morgan fingerprint density at radius 2 is 1.92 bits per heavy atom. The summed E-state index contributed by atoms with van der Waals surface area (Å²) in [5.74, 6) is -1.50. The summed E-state index contributed by atoms with van der Waals surface area (Å²) in [5.41, 5.74) is -0.969. The Morgan fingerprint density at radius 3 is 2.54 bits per heavy atom. The van der Waals surface area contributed by atoms with E-state index < -0.39 is 35.1 Å². The van der Waals surface area contributed by atoms with Gasteiger partial charge in [0, 0.05) is 25.0 Å². The van der Waals surface area contributed by atoms with E-state index in [-0.39, 0.29) is 13.1 Å². The number of carbonyl (C=O) groups excluding carboxylic acids is 1. The lowest BCUT2D eigenvalue weighted by Gasteiger charge is -2.33. The largest absolute Gasteiger partial charge is 0.481 e. The van der Waals surface area contributed by atoms with Gasteiger partial charge in [0.25, 0.3) is 0 Å². The summed E-state index contributed by atoms with van der Waals surface area (Å²) in [6.45, 7) is 4.25. The molecule has 0 radical (unpaired) electrons. The highest BCUT2D eigenvalue weighted by molar-refractivity contribution is 5.76. The lowest BCUT2D eigenvalue weighted by Crippen LogP contribution is -2.49. The first-order chi connectivity index (χ1) is 12.0. The number of urea groups is 1. The normalized spacial score (nSPS) is 18.5. The number of piperidine rings is 1. The number of nitrogens with one attached hydrogen (secondary N) is 1. The Labute approximate surface area is 150 Å². The molecule has 0 bridgehead atoms. The fourth-order valence-electron chi connectivity index (χ4n) is 2.99. The minimum absolute atomic E-state index is 0.140. The molecule has 8 heteroatoms. The molecule has 1 fully saturated rings. The molecule has 0 spiro atoms. The van der Waals surface area contributed by atoms with Crippen LogP contribution in [0.25, 0.3) is 0 Å². The average Bonchev–Trinajstić information content (AvgIpc) is 2.59. The zero-order chi connectivity index (χ0) is 19.5. The molecule has 0 saturated carbocycles. The van der Waals surface area contributed by atoms with E-state index in [9.17, 15) is 22.8 Å². The molecule has 1 unspecified atom stereocenters. The van der Waals surface area contributed by atoms with Gasteiger partial charge in [0.2, 0.25) is 0 Å². The van der Waals surface area contributed by atoms with Crippen LogP contribution in [0.1, 0.15) is 37.8 Å². The molecule has 2 rings (SSSR count). The summed E-state index contributed by atoms with van der Waals surface area (Å²) < 4.78 is 38.7. The van der Waals surface area contributed by atoms with Crippen LogP contribution in [0.15, 0.2) is 24.3 Å². The van der Waals surface area contributed by atoms with Crippen LogP contribution >= 0.6 is 0 Å². The molecule has 2 N–H and O–H groups in total. The van der Waals surface area contributed by atoms with Gasteiger partial charge in [-0.25, -0.2) is 4.79 Å². The molecule has 1 aliphatic heterocycles. The van der Waals surface area contributed by atoms with Crippen molar-refractivity contribution in [2.24, 2.45) is 5.92 Å². The van der Waals surface area contributed by atoms with Crippen molar-refractivity contribution in [1.82, 2.24) is 10.2 Å². The van der Waals surface area contributed by atoms with E-state index in [0.717, 1.165) is 12.1 Å². The summed E-state index contributed by atoms with van der Waals surface area (Å²) in [6.07, 6.45) is -3.27. The Bertz CT molecular complexity index is 674. The Balaban J connectivity index is 2.01. The van der Waals surface area contributed by atoms with Crippen LogP contribution in [-0.4, -0.2) is 41.6 Å². The Morgan fingerprint density at radius 1 is 1.27 bits per heavy atom. The number of likely N-dealkylation sites (tertiary alicyclic amines) is 1. The van der Waals surface area contributed by atoms with Gasteiger partial charge in [-0.1, -0.05) is 32.0 Å². The third-order valence-electron chi connectivity index (χ3n) is 4.71. The average molecular weight is 372 g/mol. The number of alkyl halides is 3. The van der Waals surface area contributed by atoms with Crippen molar-refractivity contribution in [1.29, 1.82) is 0 Å². The predicted molar refractivity (Wildman–Crippen MR) is 89.8 cm³/mol. The maximum absolute atomic E-state index is 12.9. The molecular weight excluding hydrogens is 349 g/mol. The number of rotatable bonds is 4. The number of hydrogen-bond acceptors (Lipinski definition) is 2. The van der Waals surface area contributed by atoms with Gasteiger partial charge in [-0.15, -0.1) is 0 Å². The number of benzene rings is 1. The molecule has 1 atom stereocenters.